The van der Waals surface area contributed by atoms with E-state index in [0.29, 0.717) is 24.6 Å². The minimum Gasteiger partial charge on any atom is -0.443 e. The van der Waals surface area contributed by atoms with Crippen LogP contribution < -0.4 is 0 Å². The Morgan fingerprint density at radius 3 is 2.76 bits per heavy atom. The Labute approximate surface area is 171 Å². The number of likely N-dealkylation sites (tertiary alicyclic amines) is 1. The first kappa shape index (κ1) is 19.4. The fraction of sp³-hybridized carbons (Fsp3) is 0.435. The van der Waals surface area contributed by atoms with Gasteiger partial charge in [0.1, 0.15) is 17.5 Å². The fourth-order valence-electron chi connectivity index (χ4n) is 3.91. The van der Waals surface area contributed by atoms with Gasteiger partial charge in [-0.2, -0.15) is 5.10 Å². The second-order valence-electron chi connectivity index (χ2n) is 8.07. The zero-order valence-electron chi connectivity index (χ0n) is 17.3. The lowest BCUT2D eigenvalue weighted by Crippen LogP contribution is -2.39. The highest BCUT2D eigenvalue weighted by Gasteiger charge is 2.33. The molecule has 29 heavy (non-hydrogen) atoms. The number of hydrogen-bond acceptors (Lipinski definition) is 4. The topological polar surface area (TPSA) is 64.2 Å². The standard InChI is InChI=1S/C23H28N4O2/c1-16(2)19-14-21(26(3)25-19)23(28)27-12-8-7-11-20(27)22-24-15-18(29-22)13-17-9-5-4-6-10-17/h4-6,9-10,14-16,20H,7-8,11-13H2,1-3H3/t20-/m0/s1. The van der Waals surface area contributed by atoms with Crippen molar-refractivity contribution in [3.8, 4) is 0 Å². The molecule has 0 spiro atoms. The fourth-order valence-corrected chi connectivity index (χ4v) is 3.91. The summed E-state index contributed by atoms with van der Waals surface area (Å²) in [6.45, 7) is 4.88. The lowest BCUT2D eigenvalue weighted by atomic mass is 10.0. The van der Waals surface area contributed by atoms with Crippen LogP contribution in [0.5, 0.6) is 0 Å². The van der Waals surface area contributed by atoms with Gasteiger partial charge in [-0.3, -0.25) is 9.48 Å². The van der Waals surface area contributed by atoms with Crippen LogP contribution in [0.25, 0.3) is 0 Å². The summed E-state index contributed by atoms with van der Waals surface area (Å²) in [7, 11) is 1.83. The largest absolute Gasteiger partial charge is 0.443 e. The SMILES string of the molecule is CC(C)c1cc(C(=O)N2CCCC[C@H]2c2ncc(Cc3ccccc3)o2)n(C)n1. The average molecular weight is 393 g/mol. The number of amides is 1. The van der Waals surface area contributed by atoms with Crippen LogP contribution in [0.1, 0.15) is 78.5 Å². The number of rotatable bonds is 5. The molecule has 152 valence electrons. The molecule has 2 aromatic heterocycles. The van der Waals surface area contributed by atoms with E-state index < -0.39 is 0 Å². The molecule has 0 radical (unpaired) electrons. The molecular weight excluding hydrogens is 364 g/mol. The van der Waals surface area contributed by atoms with Gasteiger partial charge in [0.15, 0.2) is 0 Å². The molecule has 6 nitrogen and oxygen atoms in total. The lowest BCUT2D eigenvalue weighted by Gasteiger charge is -2.33. The number of carbonyl (C=O) groups excluding carboxylic acids is 1. The number of oxazole rings is 1. The number of carbonyl (C=O) groups is 1. The molecule has 1 aromatic carbocycles. The van der Waals surface area contributed by atoms with E-state index in [2.05, 4.69) is 36.1 Å². The minimum atomic E-state index is -0.127. The third-order valence-corrected chi connectivity index (χ3v) is 5.55. The minimum absolute atomic E-state index is 0.000547. The molecule has 1 aliphatic rings. The first-order valence-electron chi connectivity index (χ1n) is 10.4. The first-order chi connectivity index (χ1) is 14.0. The predicted octanol–water partition coefficient (Wildman–Crippen LogP) is 4.49. The second-order valence-corrected chi connectivity index (χ2v) is 8.07. The van der Waals surface area contributed by atoms with Gasteiger partial charge in [0, 0.05) is 20.0 Å². The third kappa shape index (κ3) is 4.11. The van der Waals surface area contributed by atoms with Gasteiger partial charge in [-0.05, 0) is 36.8 Å². The highest BCUT2D eigenvalue weighted by Crippen LogP contribution is 2.32. The predicted molar refractivity (Wildman–Crippen MR) is 111 cm³/mol. The van der Waals surface area contributed by atoms with Crippen molar-refractivity contribution in [2.75, 3.05) is 6.54 Å². The van der Waals surface area contributed by atoms with Crippen LogP contribution in [-0.2, 0) is 13.5 Å². The zero-order chi connectivity index (χ0) is 20.4. The summed E-state index contributed by atoms with van der Waals surface area (Å²) in [6.07, 6.45) is 5.42. The zero-order valence-corrected chi connectivity index (χ0v) is 17.3. The van der Waals surface area contributed by atoms with Gasteiger partial charge < -0.3 is 9.32 Å². The van der Waals surface area contributed by atoms with Crippen molar-refractivity contribution in [1.82, 2.24) is 19.7 Å². The molecule has 0 bridgehead atoms. The van der Waals surface area contributed by atoms with Gasteiger partial charge in [-0.15, -0.1) is 0 Å². The highest BCUT2D eigenvalue weighted by atomic mass is 16.4. The van der Waals surface area contributed by atoms with Gasteiger partial charge in [-0.1, -0.05) is 44.2 Å². The summed E-state index contributed by atoms with van der Waals surface area (Å²) >= 11 is 0. The van der Waals surface area contributed by atoms with Crippen molar-refractivity contribution in [3.63, 3.8) is 0 Å². The molecule has 1 amide bonds. The molecule has 0 saturated carbocycles. The Kier molecular flexibility index (Phi) is 5.51. The van der Waals surface area contributed by atoms with E-state index in [4.69, 9.17) is 4.42 Å². The van der Waals surface area contributed by atoms with E-state index in [9.17, 15) is 4.79 Å². The van der Waals surface area contributed by atoms with E-state index in [0.717, 1.165) is 30.7 Å². The van der Waals surface area contributed by atoms with Crippen molar-refractivity contribution in [3.05, 3.63) is 71.2 Å². The van der Waals surface area contributed by atoms with Crippen molar-refractivity contribution >= 4 is 5.91 Å². The molecule has 1 aliphatic heterocycles. The molecule has 1 saturated heterocycles. The molecule has 0 unspecified atom stereocenters. The van der Waals surface area contributed by atoms with Crippen LogP contribution in [-0.4, -0.2) is 32.1 Å². The van der Waals surface area contributed by atoms with Crippen LogP contribution in [0.3, 0.4) is 0 Å². The molecule has 0 aliphatic carbocycles. The van der Waals surface area contributed by atoms with Gasteiger partial charge in [-0.25, -0.2) is 4.98 Å². The quantitative estimate of drug-likeness (QED) is 0.642. The molecule has 3 aromatic rings. The number of hydrogen-bond donors (Lipinski definition) is 0. The number of benzene rings is 1. The highest BCUT2D eigenvalue weighted by molar-refractivity contribution is 5.93. The number of piperidine rings is 1. The van der Waals surface area contributed by atoms with Crippen molar-refractivity contribution in [2.45, 2.75) is 51.5 Å². The smallest absolute Gasteiger partial charge is 0.272 e. The Hall–Kier alpha value is -2.89. The number of aryl methyl sites for hydroxylation is 1. The van der Waals surface area contributed by atoms with E-state index in [1.165, 1.54) is 5.56 Å². The molecule has 3 heterocycles. The molecule has 0 N–H and O–H groups in total. The number of nitrogens with zero attached hydrogens (tertiary/aromatic N) is 4. The summed E-state index contributed by atoms with van der Waals surface area (Å²) in [5, 5.41) is 4.50. The second kappa shape index (κ2) is 8.23. The first-order valence-corrected chi connectivity index (χ1v) is 10.4. The molecular formula is C23H28N4O2. The van der Waals surface area contributed by atoms with Gasteiger partial charge in [0.05, 0.1) is 11.9 Å². The van der Waals surface area contributed by atoms with Crippen molar-refractivity contribution in [2.24, 2.45) is 7.05 Å². The summed E-state index contributed by atoms with van der Waals surface area (Å²) in [5.74, 6) is 1.74. The average Bonchev–Trinajstić information content (AvgIpc) is 3.35. The maximum atomic E-state index is 13.3. The summed E-state index contributed by atoms with van der Waals surface area (Å²) < 4.78 is 7.78. The maximum absolute atomic E-state index is 13.3. The van der Waals surface area contributed by atoms with Crippen LogP contribution in [0.2, 0.25) is 0 Å². The lowest BCUT2D eigenvalue weighted by molar-refractivity contribution is 0.0558. The van der Waals surface area contributed by atoms with Gasteiger partial charge in [0.25, 0.3) is 5.91 Å². The Balaban J connectivity index is 1.56. The van der Waals surface area contributed by atoms with Gasteiger partial charge >= 0.3 is 0 Å². The Morgan fingerprint density at radius 2 is 2.03 bits per heavy atom. The molecule has 6 heteroatoms. The van der Waals surface area contributed by atoms with Crippen molar-refractivity contribution < 1.29 is 9.21 Å². The Morgan fingerprint density at radius 1 is 1.24 bits per heavy atom. The summed E-state index contributed by atoms with van der Waals surface area (Å²) in [6, 6.07) is 12.0. The van der Waals surface area contributed by atoms with Crippen LogP contribution in [0.15, 0.2) is 47.0 Å². The Bertz CT molecular complexity index is 974. The van der Waals surface area contributed by atoms with Crippen LogP contribution in [0.4, 0.5) is 0 Å². The van der Waals surface area contributed by atoms with E-state index in [1.807, 2.05) is 36.2 Å². The normalized spacial score (nSPS) is 17.1. The monoisotopic (exact) mass is 392 g/mol. The maximum Gasteiger partial charge on any atom is 0.272 e. The third-order valence-electron chi connectivity index (χ3n) is 5.55. The van der Waals surface area contributed by atoms with Gasteiger partial charge in [0.2, 0.25) is 5.89 Å². The molecule has 1 fully saturated rings. The van der Waals surface area contributed by atoms with Crippen LogP contribution in [0, 0.1) is 0 Å². The van der Waals surface area contributed by atoms with Crippen molar-refractivity contribution in [1.29, 1.82) is 0 Å². The summed E-state index contributed by atoms with van der Waals surface area (Å²) in [5.41, 5.74) is 2.74. The summed E-state index contributed by atoms with van der Waals surface area (Å²) in [4.78, 5) is 19.8. The van der Waals surface area contributed by atoms with Crippen LogP contribution >= 0.6 is 0 Å². The number of aromatic nitrogens is 3. The van der Waals surface area contributed by atoms with E-state index in [1.54, 1.807) is 10.9 Å². The van der Waals surface area contributed by atoms with E-state index >= 15 is 0 Å². The molecule has 4 rings (SSSR count). The van der Waals surface area contributed by atoms with E-state index in [-0.39, 0.29) is 17.9 Å². The molecule has 1 atom stereocenters.